The van der Waals surface area contributed by atoms with Crippen molar-refractivity contribution in [1.82, 2.24) is 5.32 Å². The fraction of sp³-hybridized carbons (Fsp3) is 0.462. The van der Waals surface area contributed by atoms with E-state index in [0.717, 1.165) is 30.6 Å². The zero-order valence-electron chi connectivity index (χ0n) is 9.65. The van der Waals surface area contributed by atoms with Gasteiger partial charge in [-0.15, -0.1) is 0 Å². The molecule has 1 aromatic rings. The van der Waals surface area contributed by atoms with Gasteiger partial charge in [0, 0.05) is 18.8 Å². The minimum Gasteiger partial charge on any atom is -0.385 e. The van der Waals surface area contributed by atoms with E-state index in [-0.39, 0.29) is 5.91 Å². The van der Waals surface area contributed by atoms with Gasteiger partial charge < -0.3 is 15.3 Å². The van der Waals surface area contributed by atoms with E-state index in [0.29, 0.717) is 13.1 Å². The van der Waals surface area contributed by atoms with Crippen molar-refractivity contribution in [3.63, 3.8) is 0 Å². The molecule has 4 nitrogen and oxygen atoms in total. The average molecular weight is 232 g/mol. The fourth-order valence-electron chi connectivity index (χ4n) is 2.25. The van der Waals surface area contributed by atoms with Crippen LogP contribution in [0.3, 0.4) is 0 Å². The standard InChI is InChI=1S/C13H16N2O2/c16-12-9-15(8-7-14-12)11-3-1-10(2-4-11)13(17)5-6-13/h1-4,17H,5-9H2,(H,14,16). The van der Waals surface area contributed by atoms with Crippen molar-refractivity contribution in [1.29, 1.82) is 0 Å². The summed E-state index contributed by atoms with van der Waals surface area (Å²) in [5.41, 5.74) is 1.47. The molecular weight excluding hydrogens is 216 g/mol. The minimum atomic E-state index is -0.572. The van der Waals surface area contributed by atoms with Crippen LogP contribution < -0.4 is 10.2 Å². The van der Waals surface area contributed by atoms with Crippen molar-refractivity contribution >= 4 is 11.6 Å². The van der Waals surface area contributed by atoms with Crippen molar-refractivity contribution < 1.29 is 9.90 Å². The molecule has 90 valence electrons. The van der Waals surface area contributed by atoms with Crippen molar-refractivity contribution in [3.05, 3.63) is 29.8 Å². The zero-order chi connectivity index (χ0) is 11.9. The highest BCUT2D eigenvalue weighted by Gasteiger charge is 2.41. The van der Waals surface area contributed by atoms with Crippen molar-refractivity contribution in [2.24, 2.45) is 0 Å². The van der Waals surface area contributed by atoms with Crippen LogP contribution in [0.2, 0.25) is 0 Å². The lowest BCUT2D eigenvalue weighted by Gasteiger charge is -2.28. The Morgan fingerprint density at radius 2 is 1.94 bits per heavy atom. The maximum Gasteiger partial charge on any atom is 0.239 e. The first kappa shape index (κ1) is 10.6. The summed E-state index contributed by atoms with van der Waals surface area (Å²) in [7, 11) is 0. The average Bonchev–Trinajstić information content (AvgIpc) is 3.09. The number of piperazine rings is 1. The summed E-state index contributed by atoms with van der Waals surface area (Å²) in [5, 5.41) is 12.8. The maximum absolute atomic E-state index is 11.3. The molecule has 17 heavy (non-hydrogen) atoms. The maximum atomic E-state index is 11.3. The molecule has 4 heteroatoms. The van der Waals surface area contributed by atoms with Crippen LogP contribution in [0.15, 0.2) is 24.3 Å². The van der Waals surface area contributed by atoms with Crippen LogP contribution in [0.5, 0.6) is 0 Å². The summed E-state index contributed by atoms with van der Waals surface area (Å²) in [5.74, 6) is 0.0705. The molecule has 1 amide bonds. The predicted octanol–water partition coefficient (Wildman–Crippen LogP) is 0.604. The van der Waals surface area contributed by atoms with E-state index in [1.807, 2.05) is 24.3 Å². The molecule has 0 atom stereocenters. The Morgan fingerprint density at radius 1 is 1.24 bits per heavy atom. The number of hydrogen-bond acceptors (Lipinski definition) is 3. The van der Waals surface area contributed by atoms with Crippen molar-refractivity contribution in [2.45, 2.75) is 18.4 Å². The molecule has 1 heterocycles. The Hall–Kier alpha value is -1.55. The molecule has 2 N–H and O–H groups in total. The number of nitrogens with zero attached hydrogens (tertiary/aromatic N) is 1. The van der Waals surface area contributed by atoms with Gasteiger partial charge in [-0.3, -0.25) is 4.79 Å². The zero-order valence-corrected chi connectivity index (χ0v) is 9.65. The molecular formula is C13H16N2O2. The molecule has 0 bridgehead atoms. The number of carbonyl (C=O) groups excluding carboxylic acids is 1. The molecule has 1 saturated carbocycles. The van der Waals surface area contributed by atoms with E-state index in [1.165, 1.54) is 0 Å². The third kappa shape index (κ3) is 2.00. The Morgan fingerprint density at radius 3 is 2.53 bits per heavy atom. The molecule has 0 unspecified atom stereocenters. The van der Waals surface area contributed by atoms with Crippen LogP contribution in [0.25, 0.3) is 0 Å². The van der Waals surface area contributed by atoms with E-state index in [9.17, 15) is 9.90 Å². The number of nitrogens with one attached hydrogen (secondary N) is 1. The lowest BCUT2D eigenvalue weighted by atomic mass is 10.1. The van der Waals surface area contributed by atoms with Crippen LogP contribution in [0.1, 0.15) is 18.4 Å². The fourth-order valence-corrected chi connectivity index (χ4v) is 2.25. The molecule has 0 aromatic heterocycles. The number of anilines is 1. The molecule has 3 rings (SSSR count). The monoisotopic (exact) mass is 232 g/mol. The van der Waals surface area contributed by atoms with Gasteiger partial charge in [0.15, 0.2) is 0 Å². The number of amides is 1. The molecule has 1 aliphatic carbocycles. The Bertz CT molecular complexity index is 437. The predicted molar refractivity (Wildman–Crippen MR) is 64.8 cm³/mol. The van der Waals surface area contributed by atoms with Gasteiger partial charge in [0.05, 0.1) is 12.1 Å². The Balaban J connectivity index is 1.77. The summed E-state index contributed by atoms with van der Waals surface area (Å²) in [6.07, 6.45) is 1.72. The van der Waals surface area contributed by atoms with Crippen LogP contribution in [0.4, 0.5) is 5.69 Å². The van der Waals surface area contributed by atoms with Gasteiger partial charge >= 0.3 is 0 Å². The molecule has 1 aliphatic heterocycles. The Kier molecular flexibility index (Phi) is 2.33. The summed E-state index contributed by atoms with van der Waals surface area (Å²) < 4.78 is 0. The van der Waals surface area contributed by atoms with E-state index in [2.05, 4.69) is 10.2 Å². The lowest BCUT2D eigenvalue weighted by molar-refractivity contribution is -0.120. The third-order valence-corrected chi connectivity index (χ3v) is 3.53. The van der Waals surface area contributed by atoms with Gasteiger partial charge in [0.1, 0.15) is 0 Å². The molecule has 0 spiro atoms. The van der Waals surface area contributed by atoms with E-state index < -0.39 is 5.60 Å². The van der Waals surface area contributed by atoms with E-state index in [1.54, 1.807) is 0 Å². The summed E-state index contributed by atoms with van der Waals surface area (Å²) in [6.45, 7) is 1.96. The highest BCUT2D eigenvalue weighted by Crippen LogP contribution is 2.45. The highest BCUT2D eigenvalue weighted by atomic mass is 16.3. The molecule has 2 aliphatic rings. The van der Waals surface area contributed by atoms with Gasteiger partial charge in [-0.25, -0.2) is 0 Å². The third-order valence-electron chi connectivity index (χ3n) is 3.53. The largest absolute Gasteiger partial charge is 0.385 e. The molecule has 1 aromatic carbocycles. The number of benzene rings is 1. The number of hydrogen-bond donors (Lipinski definition) is 2. The molecule has 0 radical (unpaired) electrons. The van der Waals surface area contributed by atoms with Crippen LogP contribution in [-0.2, 0) is 10.4 Å². The first-order valence-corrected chi connectivity index (χ1v) is 6.02. The van der Waals surface area contributed by atoms with Crippen molar-refractivity contribution in [2.75, 3.05) is 24.5 Å². The van der Waals surface area contributed by atoms with Gasteiger partial charge in [-0.1, -0.05) is 12.1 Å². The quantitative estimate of drug-likeness (QED) is 0.785. The minimum absolute atomic E-state index is 0.0705. The number of carbonyl (C=O) groups is 1. The second-order valence-electron chi connectivity index (χ2n) is 4.85. The molecule has 2 fully saturated rings. The first-order valence-electron chi connectivity index (χ1n) is 6.02. The van der Waals surface area contributed by atoms with Crippen LogP contribution in [-0.4, -0.2) is 30.6 Å². The smallest absolute Gasteiger partial charge is 0.239 e. The number of rotatable bonds is 2. The van der Waals surface area contributed by atoms with Gasteiger partial charge in [0.25, 0.3) is 0 Å². The summed E-state index contributed by atoms with van der Waals surface area (Å²) >= 11 is 0. The molecule has 1 saturated heterocycles. The first-order chi connectivity index (χ1) is 8.17. The lowest BCUT2D eigenvalue weighted by Crippen LogP contribution is -2.47. The summed E-state index contributed by atoms with van der Waals surface area (Å²) in [4.78, 5) is 13.3. The van der Waals surface area contributed by atoms with E-state index >= 15 is 0 Å². The second kappa shape index (κ2) is 3.74. The van der Waals surface area contributed by atoms with Crippen LogP contribution in [0, 0.1) is 0 Å². The van der Waals surface area contributed by atoms with Gasteiger partial charge in [-0.2, -0.15) is 0 Å². The van der Waals surface area contributed by atoms with E-state index in [4.69, 9.17) is 0 Å². The van der Waals surface area contributed by atoms with Crippen molar-refractivity contribution in [3.8, 4) is 0 Å². The topological polar surface area (TPSA) is 52.6 Å². The SMILES string of the molecule is O=C1CN(c2ccc(C3(O)CC3)cc2)CCN1. The van der Waals surface area contributed by atoms with Crippen LogP contribution >= 0.6 is 0 Å². The van der Waals surface area contributed by atoms with Gasteiger partial charge in [0.2, 0.25) is 5.91 Å². The second-order valence-corrected chi connectivity index (χ2v) is 4.85. The van der Waals surface area contributed by atoms with Gasteiger partial charge in [-0.05, 0) is 30.5 Å². The number of aliphatic hydroxyl groups is 1. The highest BCUT2D eigenvalue weighted by molar-refractivity contribution is 5.82. The summed E-state index contributed by atoms with van der Waals surface area (Å²) in [6, 6.07) is 7.91. The Labute approximate surface area is 100 Å². The normalized spacial score (nSPS) is 22.2.